The van der Waals surface area contributed by atoms with E-state index in [0.717, 1.165) is 29.8 Å². The second-order valence-corrected chi connectivity index (χ2v) is 5.17. The Morgan fingerprint density at radius 3 is 2.52 bits per heavy atom. The zero-order chi connectivity index (χ0) is 15.1. The van der Waals surface area contributed by atoms with E-state index in [1.807, 2.05) is 50.5 Å². The van der Waals surface area contributed by atoms with Crippen molar-refractivity contribution in [1.29, 1.82) is 0 Å². The summed E-state index contributed by atoms with van der Waals surface area (Å²) >= 11 is 0. The van der Waals surface area contributed by atoms with Crippen LogP contribution >= 0.6 is 0 Å². The van der Waals surface area contributed by atoms with Crippen LogP contribution in [-0.2, 0) is 6.54 Å². The van der Waals surface area contributed by atoms with E-state index in [1.54, 1.807) is 0 Å². The highest BCUT2D eigenvalue weighted by atomic mass is 16.1. The average molecular weight is 283 g/mol. The summed E-state index contributed by atoms with van der Waals surface area (Å²) in [7, 11) is 0. The van der Waals surface area contributed by atoms with Gasteiger partial charge in [0.1, 0.15) is 0 Å². The van der Waals surface area contributed by atoms with Crippen molar-refractivity contribution < 1.29 is 4.79 Å². The van der Waals surface area contributed by atoms with Crippen LogP contribution in [0.1, 0.15) is 27.0 Å². The van der Waals surface area contributed by atoms with Crippen LogP contribution in [0.2, 0.25) is 0 Å². The van der Waals surface area contributed by atoms with Crippen molar-refractivity contribution in [2.45, 2.75) is 20.4 Å². The quantitative estimate of drug-likeness (QED) is 0.799. The first-order valence-corrected chi connectivity index (χ1v) is 7.11. The Bertz CT molecular complexity index is 593. The molecule has 0 saturated carbocycles. The Morgan fingerprint density at radius 2 is 1.81 bits per heavy atom. The molecule has 0 aliphatic rings. The summed E-state index contributed by atoms with van der Waals surface area (Å²) < 4.78 is 0. The van der Waals surface area contributed by atoms with Crippen molar-refractivity contribution in [1.82, 2.24) is 15.6 Å². The van der Waals surface area contributed by atoms with E-state index < -0.39 is 0 Å². The van der Waals surface area contributed by atoms with Gasteiger partial charge in [-0.1, -0.05) is 23.8 Å². The summed E-state index contributed by atoms with van der Waals surface area (Å²) in [6.07, 6.45) is 3.69. The fraction of sp³-hybridized carbons (Fsp3) is 0.294. The van der Waals surface area contributed by atoms with Gasteiger partial charge in [-0.05, 0) is 37.1 Å². The molecule has 0 aliphatic heterocycles. The van der Waals surface area contributed by atoms with Gasteiger partial charge in [0.25, 0.3) is 5.91 Å². The molecule has 2 aromatic rings. The highest BCUT2D eigenvalue weighted by Crippen LogP contribution is 2.02. The number of rotatable bonds is 6. The number of nitrogens with one attached hydrogen (secondary N) is 2. The third kappa shape index (κ3) is 5.00. The minimum absolute atomic E-state index is 0.0333. The number of carbonyl (C=O) groups excluding carboxylic acids is 1. The monoisotopic (exact) mass is 283 g/mol. The predicted molar refractivity (Wildman–Crippen MR) is 84.2 cm³/mol. The summed E-state index contributed by atoms with van der Waals surface area (Å²) in [5, 5.41) is 6.19. The van der Waals surface area contributed by atoms with Crippen molar-refractivity contribution in [3.8, 4) is 0 Å². The third-order valence-corrected chi connectivity index (χ3v) is 3.16. The number of hydrogen-bond donors (Lipinski definition) is 2. The summed E-state index contributed by atoms with van der Waals surface area (Å²) in [5.41, 5.74) is 4.16. The van der Waals surface area contributed by atoms with Gasteiger partial charge in [0, 0.05) is 37.6 Å². The van der Waals surface area contributed by atoms with Gasteiger partial charge in [0.05, 0.1) is 0 Å². The number of amides is 1. The number of carbonyl (C=O) groups is 1. The van der Waals surface area contributed by atoms with Crippen molar-refractivity contribution in [3.05, 3.63) is 65.0 Å². The Kier molecular flexibility index (Phi) is 5.46. The molecule has 1 amide bonds. The number of aromatic nitrogens is 1. The molecule has 1 heterocycles. The lowest BCUT2D eigenvalue weighted by Crippen LogP contribution is -2.31. The SMILES string of the molecule is Cc1ccc(C(=O)NCCNCc2cncc(C)c2)cc1. The van der Waals surface area contributed by atoms with Crippen LogP contribution in [0.3, 0.4) is 0 Å². The minimum Gasteiger partial charge on any atom is -0.351 e. The number of nitrogens with zero attached hydrogens (tertiary/aromatic N) is 1. The lowest BCUT2D eigenvalue weighted by molar-refractivity contribution is 0.0954. The number of hydrogen-bond acceptors (Lipinski definition) is 3. The standard InChI is InChI=1S/C17H21N3O/c1-13-3-5-16(6-4-13)17(21)20-8-7-18-11-15-9-14(2)10-19-12-15/h3-6,9-10,12,18H,7-8,11H2,1-2H3,(H,20,21). The number of benzene rings is 1. The van der Waals surface area contributed by atoms with Gasteiger partial charge in [-0.25, -0.2) is 0 Å². The van der Waals surface area contributed by atoms with Gasteiger partial charge in [0.15, 0.2) is 0 Å². The molecule has 1 aromatic carbocycles. The van der Waals surface area contributed by atoms with Crippen molar-refractivity contribution in [2.75, 3.05) is 13.1 Å². The van der Waals surface area contributed by atoms with Crippen LogP contribution in [0, 0.1) is 13.8 Å². The number of pyridine rings is 1. The summed E-state index contributed by atoms with van der Waals surface area (Å²) in [4.78, 5) is 16.0. The smallest absolute Gasteiger partial charge is 0.251 e. The minimum atomic E-state index is -0.0333. The molecule has 0 spiro atoms. The van der Waals surface area contributed by atoms with Crippen LogP contribution < -0.4 is 10.6 Å². The van der Waals surface area contributed by atoms with Gasteiger partial charge in [-0.3, -0.25) is 9.78 Å². The van der Waals surface area contributed by atoms with Crippen LogP contribution in [0.25, 0.3) is 0 Å². The van der Waals surface area contributed by atoms with E-state index in [0.29, 0.717) is 12.1 Å². The Hall–Kier alpha value is -2.20. The van der Waals surface area contributed by atoms with E-state index in [1.165, 1.54) is 0 Å². The second kappa shape index (κ2) is 7.55. The molecule has 0 bridgehead atoms. The molecule has 2 N–H and O–H groups in total. The highest BCUT2D eigenvalue weighted by Gasteiger charge is 2.03. The van der Waals surface area contributed by atoms with Gasteiger partial charge in [-0.2, -0.15) is 0 Å². The van der Waals surface area contributed by atoms with Crippen LogP contribution in [-0.4, -0.2) is 24.0 Å². The van der Waals surface area contributed by atoms with E-state index in [4.69, 9.17) is 0 Å². The molecule has 110 valence electrons. The first-order valence-electron chi connectivity index (χ1n) is 7.11. The second-order valence-electron chi connectivity index (χ2n) is 5.17. The van der Waals surface area contributed by atoms with Gasteiger partial charge in [-0.15, -0.1) is 0 Å². The van der Waals surface area contributed by atoms with Crippen LogP contribution in [0.15, 0.2) is 42.7 Å². The van der Waals surface area contributed by atoms with Gasteiger partial charge < -0.3 is 10.6 Å². The molecule has 4 heteroatoms. The Balaban J connectivity index is 1.68. The largest absolute Gasteiger partial charge is 0.351 e. The maximum absolute atomic E-state index is 11.9. The third-order valence-electron chi connectivity index (χ3n) is 3.16. The van der Waals surface area contributed by atoms with E-state index in [-0.39, 0.29) is 5.91 Å². The van der Waals surface area contributed by atoms with E-state index in [2.05, 4.69) is 21.7 Å². The lowest BCUT2D eigenvalue weighted by atomic mass is 10.1. The normalized spacial score (nSPS) is 10.4. The molecule has 4 nitrogen and oxygen atoms in total. The average Bonchev–Trinajstić information content (AvgIpc) is 2.47. The van der Waals surface area contributed by atoms with Gasteiger partial charge >= 0.3 is 0 Å². The van der Waals surface area contributed by atoms with Crippen LogP contribution in [0.4, 0.5) is 0 Å². The fourth-order valence-electron chi connectivity index (χ4n) is 2.02. The molecule has 0 atom stereocenters. The summed E-state index contributed by atoms with van der Waals surface area (Å²) in [5.74, 6) is -0.0333. The molecule has 0 fully saturated rings. The molecule has 0 saturated heterocycles. The maximum Gasteiger partial charge on any atom is 0.251 e. The molecular weight excluding hydrogens is 262 g/mol. The topological polar surface area (TPSA) is 54.0 Å². The highest BCUT2D eigenvalue weighted by molar-refractivity contribution is 5.94. The molecule has 2 rings (SSSR count). The van der Waals surface area contributed by atoms with Crippen LogP contribution in [0.5, 0.6) is 0 Å². The molecule has 0 aliphatic carbocycles. The zero-order valence-electron chi connectivity index (χ0n) is 12.5. The van der Waals surface area contributed by atoms with E-state index in [9.17, 15) is 4.79 Å². The molecule has 0 unspecified atom stereocenters. The predicted octanol–water partition coefficient (Wildman–Crippen LogP) is 2.22. The zero-order valence-corrected chi connectivity index (χ0v) is 12.5. The number of aryl methyl sites for hydroxylation is 2. The first kappa shape index (κ1) is 15.2. The maximum atomic E-state index is 11.9. The first-order chi connectivity index (χ1) is 10.1. The Labute approximate surface area is 125 Å². The summed E-state index contributed by atoms with van der Waals surface area (Å²) in [6.45, 7) is 6.12. The summed E-state index contributed by atoms with van der Waals surface area (Å²) in [6, 6.07) is 9.67. The van der Waals surface area contributed by atoms with Crippen molar-refractivity contribution in [2.24, 2.45) is 0 Å². The van der Waals surface area contributed by atoms with Gasteiger partial charge in [0.2, 0.25) is 0 Å². The lowest BCUT2D eigenvalue weighted by Gasteiger charge is -2.07. The molecule has 1 aromatic heterocycles. The fourth-order valence-corrected chi connectivity index (χ4v) is 2.02. The Morgan fingerprint density at radius 1 is 1.05 bits per heavy atom. The van der Waals surface area contributed by atoms with E-state index >= 15 is 0 Å². The molecular formula is C17H21N3O. The van der Waals surface area contributed by atoms with Crippen molar-refractivity contribution >= 4 is 5.91 Å². The molecule has 0 radical (unpaired) electrons. The molecule has 21 heavy (non-hydrogen) atoms. The van der Waals surface area contributed by atoms with Crippen molar-refractivity contribution in [3.63, 3.8) is 0 Å².